The molecule has 2 aromatic carbocycles. The van der Waals surface area contributed by atoms with Crippen LogP contribution in [0.2, 0.25) is 0 Å². The van der Waals surface area contributed by atoms with Gasteiger partial charge in [0.25, 0.3) is 0 Å². The molecule has 0 saturated carbocycles. The monoisotopic (exact) mass is 424 g/mol. The van der Waals surface area contributed by atoms with Gasteiger partial charge in [0, 0.05) is 23.6 Å². The van der Waals surface area contributed by atoms with E-state index in [2.05, 4.69) is 5.32 Å². The quantitative estimate of drug-likeness (QED) is 0.503. The maximum absolute atomic E-state index is 12.5. The number of nitrogens with one attached hydrogen (secondary N) is 1. The lowest BCUT2D eigenvalue weighted by atomic mass is 10.1. The highest BCUT2D eigenvalue weighted by molar-refractivity contribution is 6.04. The number of benzene rings is 2. The number of hydrogen-bond donors (Lipinski definition) is 1. The number of carbonyl (C=O) groups is 2. The summed E-state index contributed by atoms with van der Waals surface area (Å²) in [5.74, 6) is 0.879. The van der Waals surface area contributed by atoms with Crippen LogP contribution in [0.1, 0.15) is 29.8 Å². The lowest BCUT2D eigenvalue weighted by Crippen LogP contribution is -2.29. The molecule has 0 aliphatic rings. The number of methoxy groups -OCH3 is 1. The fourth-order valence-corrected chi connectivity index (χ4v) is 3.46. The second-order valence-corrected chi connectivity index (χ2v) is 6.93. The molecule has 0 fully saturated rings. The summed E-state index contributed by atoms with van der Waals surface area (Å²) in [6.07, 6.45) is 2.33. The lowest BCUT2D eigenvalue weighted by molar-refractivity contribution is -0.121. The van der Waals surface area contributed by atoms with E-state index in [0.717, 1.165) is 22.2 Å². The second-order valence-electron chi connectivity index (χ2n) is 6.93. The molecular weight excluding hydrogens is 396 g/mol. The molecule has 0 unspecified atom stereocenters. The first-order valence-electron chi connectivity index (χ1n) is 10.4. The molecule has 0 atom stereocenters. The molecule has 7 nitrogen and oxygen atoms in total. The second kappa shape index (κ2) is 10.5. The van der Waals surface area contributed by atoms with E-state index in [1.54, 1.807) is 10.8 Å². The first kappa shape index (κ1) is 22.2. The Morgan fingerprint density at radius 3 is 2.48 bits per heavy atom. The van der Waals surface area contributed by atoms with Crippen LogP contribution >= 0.6 is 0 Å². The van der Waals surface area contributed by atoms with Crippen molar-refractivity contribution in [2.75, 3.05) is 26.9 Å². The van der Waals surface area contributed by atoms with Crippen LogP contribution in [-0.2, 0) is 22.5 Å². The van der Waals surface area contributed by atoms with Crippen molar-refractivity contribution in [1.82, 2.24) is 9.88 Å². The fraction of sp³-hybridized carbons (Fsp3) is 0.333. The minimum atomic E-state index is -0.420. The average molecular weight is 424 g/mol. The van der Waals surface area contributed by atoms with Gasteiger partial charge in [-0.3, -0.25) is 4.79 Å². The predicted octanol–water partition coefficient (Wildman–Crippen LogP) is 3.58. The summed E-state index contributed by atoms with van der Waals surface area (Å²) >= 11 is 0. The van der Waals surface area contributed by atoms with Crippen molar-refractivity contribution >= 4 is 22.8 Å². The van der Waals surface area contributed by atoms with E-state index < -0.39 is 5.97 Å². The number of para-hydroxylation sites is 1. The number of hydrogen-bond acceptors (Lipinski definition) is 5. The van der Waals surface area contributed by atoms with Crippen molar-refractivity contribution < 1.29 is 23.8 Å². The SMILES string of the molecule is CCOc1ccc(CCNC(=O)Cn2cc(C(=O)OC)c3ccccc32)cc1OCC. The summed E-state index contributed by atoms with van der Waals surface area (Å²) in [5, 5.41) is 3.70. The molecule has 0 aliphatic heterocycles. The standard InChI is InChI=1S/C24H28N2O5/c1-4-30-21-11-10-17(14-22(21)31-5-2)12-13-25-23(27)16-26-15-19(24(28)29-3)18-8-6-7-9-20(18)26/h6-11,14-15H,4-5,12-13,16H2,1-3H3,(H,25,27). The molecule has 164 valence electrons. The van der Waals surface area contributed by atoms with Gasteiger partial charge in [0.15, 0.2) is 11.5 Å². The van der Waals surface area contributed by atoms with Crippen LogP contribution in [0.3, 0.4) is 0 Å². The number of rotatable bonds is 10. The highest BCUT2D eigenvalue weighted by atomic mass is 16.5. The van der Waals surface area contributed by atoms with Gasteiger partial charge < -0.3 is 24.1 Å². The third-order valence-corrected chi connectivity index (χ3v) is 4.85. The van der Waals surface area contributed by atoms with Crippen molar-refractivity contribution in [2.45, 2.75) is 26.8 Å². The average Bonchev–Trinajstić information content (AvgIpc) is 3.13. The highest BCUT2D eigenvalue weighted by Gasteiger charge is 2.16. The molecule has 1 aromatic heterocycles. The minimum absolute atomic E-state index is 0.116. The Bertz CT molecular complexity index is 1060. The van der Waals surface area contributed by atoms with E-state index in [1.165, 1.54) is 7.11 Å². The van der Waals surface area contributed by atoms with E-state index in [4.69, 9.17) is 14.2 Å². The van der Waals surface area contributed by atoms with Crippen LogP contribution in [-0.4, -0.2) is 43.3 Å². The Hall–Kier alpha value is -3.48. The van der Waals surface area contributed by atoms with Crippen molar-refractivity contribution in [3.63, 3.8) is 0 Å². The minimum Gasteiger partial charge on any atom is -0.490 e. The Kier molecular flexibility index (Phi) is 7.54. The Balaban J connectivity index is 1.62. The third kappa shape index (κ3) is 5.36. The molecule has 1 heterocycles. The van der Waals surface area contributed by atoms with Gasteiger partial charge in [-0.15, -0.1) is 0 Å². The summed E-state index contributed by atoms with van der Waals surface area (Å²) < 4.78 is 17.9. The summed E-state index contributed by atoms with van der Waals surface area (Å²) in [7, 11) is 1.35. The first-order valence-corrected chi connectivity index (χ1v) is 10.4. The number of nitrogens with zero attached hydrogens (tertiary/aromatic N) is 1. The third-order valence-electron chi connectivity index (χ3n) is 4.85. The molecule has 1 amide bonds. The topological polar surface area (TPSA) is 78.8 Å². The van der Waals surface area contributed by atoms with Crippen LogP contribution < -0.4 is 14.8 Å². The number of esters is 1. The molecule has 0 spiro atoms. The molecular formula is C24H28N2O5. The first-order chi connectivity index (χ1) is 15.1. The predicted molar refractivity (Wildman–Crippen MR) is 119 cm³/mol. The van der Waals surface area contributed by atoms with E-state index in [-0.39, 0.29) is 12.5 Å². The highest BCUT2D eigenvalue weighted by Crippen LogP contribution is 2.28. The maximum atomic E-state index is 12.5. The zero-order chi connectivity index (χ0) is 22.2. The normalized spacial score (nSPS) is 10.7. The number of amides is 1. The molecule has 0 aliphatic carbocycles. The zero-order valence-electron chi connectivity index (χ0n) is 18.1. The Morgan fingerprint density at radius 2 is 1.74 bits per heavy atom. The van der Waals surface area contributed by atoms with Gasteiger partial charge in [-0.2, -0.15) is 0 Å². The summed E-state index contributed by atoms with van der Waals surface area (Å²) in [6, 6.07) is 13.3. The van der Waals surface area contributed by atoms with Gasteiger partial charge in [0.2, 0.25) is 5.91 Å². The molecule has 7 heteroatoms. The van der Waals surface area contributed by atoms with Crippen LogP contribution in [0.15, 0.2) is 48.7 Å². The van der Waals surface area contributed by atoms with Crippen molar-refractivity contribution in [2.24, 2.45) is 0 Å². The van der Waals surface area contributed by atoms with Crippen LogP contribution in [0, 0.1) is 0 Å². The summed E-state index contributed by atoms with van der Waals surface area (Å²) in [6.45, 7) is 5.59. The van der Waals surface area contributed by atoms with Crippen LogP contribution in [0.25, 0.3) is 10.9 Å². The van der Waals surface area contributed by atoms with Gasteiger partial charge >= 0.3 is 5.97 Å². The largest absolute Gasteiger partial charge is 0.490 e. The van der Waals surface area contributed by atoms with Gasteiger partial charge in [-0.25, -0.2) is 4.79 Å². The number of ether oxygens (including phenoxy) is 3. The van der Waals surface area contributed by atoms with Crippen LogP contribution in [0.4, 0.5) is 0 Å². The van der Waals surface area contributed by atoms with Crippen molar-refractivity contribution in [3.05, 3.63) is 59.8 Å². The number of carbonyl (C=O) groups excluding carboxylic acids is 2. The fourth-order valence-electron chi connectivity index (χ4n) is 3.46. The molecule has 3 rings (SSSR count). The Morgan fingerprint density at radius 1 is 1.00 bits per heavy atom. The molecule has 1 N–H and O–H groups in total. The maximum Gasteiger partial charge on any atom is 0.340 e. The van der Waals surface area contributed by atoms with Gasteiger partial charge in [0.05, 0.1) is 25.9 Å². The molecule has 31 heavy (non-hydrogen) atoms. The molecule has 0 radical (unpaired) electrons. The summed E-state index contributed by atoms with van der Waals surface area (Å²) in [5.41, 5.74) is 2.31. The lowest BCUT2D eigenvalue weighted by Gasteiger charge is -2.13. The number of fused-ring (bicyclic) bond motifs is 1. The van der Waals surface area contributed by atoms with Gasteiger partial charge in [-0.05, 0) is 44.0 Å². The van der Waals surface area contributed by atoms with Crippen molar-refractivity contribution in [1.29, 1.82) is 0 Å². The zero-order valence-corrected chi connectivity index (χ0v) is 18.1. The Labute approximate surface area is 181 Å². The summed E-state index contributed by atoms with van der Waals surface area (Å²) in [4.78, 5) is 24.6. The molecule has 0 saturated heterocycles. The van der Waals surface area contributed by atoms with E-state index >= 15 is 0 Å². The van der Waals surface area contributed by atoms with Crippen molar-refractivity contribution in [3.8, 4) is 11.5 Å². The van der Waals surface area contributed by atoms with E-state index in [0.29, 0.717) is 37.5 Å². The van der Waals surface area contributed by atoms with E-state index in [9.17, 15) is 9.59 Å². The van der Waals surface area contributed by atoms with E-state index in [1.807, 2.05) is 56.3 Å². The number of aromatic nitrogens is 1. The van der Waals surface area contributed by atoms with Gasteiger partial charge in [0.1, 0.15) is 6.54 Å². The molecule has 0 bridgehead atoms. The molecule has 3 aromatic rings. The smallest absolute Gasteiger partial charge is 0.340 e. The van der Waals surface area contributed by atoms with Crippen LogP contribution in [0.5, 0.6) is 11.5 Å². The van der Waals surface area contributed by atoms with Gasteiger partial charge in [-0.1, -0.05) is 24.3 Å².